The fourth-order valence-corrected chi connectivity index (χ4v) is 1.97. The minimum absolute atomic E-state index is 0.704. The lowest BCUT2D eigenvalue weighted by atomic mass is 10.1. The van der Waals surface area contributed by atoms with Crippen LogP contribution in [0.5, 0.6) is 0 Å². The Morgan fingerprint density at radius 3 is 1.62 bits per heavy atom. The van der Waals surface area contributed by atoms with Gasteiger partial charge in [-0.1, -0.05) is 12.1 Å². The minimum Gasteiger partial charge on any atom is -0.291 e. The Hall–Kier alpha value is -2.36. The zero-order chi connectivity index (χ0) is 15.2. The van der Waals surface area contributed by atoms with Crippen molar-refractivity contribution in [1.29, 1.82) is 0 Å². The highest BCUT2D eigenvalue weighted by Gasteiger charge is 2.05. The number of aromatic nitrogens is 2. The van der Waals surface area contributed by atoms with Gasteiger partial charge in [0.15, 0.2) is 0 Å². The maximum Gasteiger partial charge on any atom is 0.0840 e. The Kier molecular flexibility index (Phi) is 4.93. The van der Waals surface area contributed by atoms with Crippen LogP contribution in [0.2, 0.25) is 0 Å². The van der Waals surface area contributed by atoms with E-state index in [0.29, 0.717) is 6.42 Å². The van der Waals surface area contributed by atoms with Crippen molar-refractivity contribution in [2.24, 2.45) is 9.98 Å². The van der Waals surface area contributed by atoms with Crippen LogP contribution >= 0.6 is 0 Å². The van der Waals surface area contributed by atoms with Crippen LogP contribution in [0.15, 0.2) is 46.4 Å². The highest BCUT2D eigenvalue weighted by molar-refractivity contribution is 5.97. The number of hydrogen-bond acceptors (Lipinski definition) is 4. The SMILES string of the molecule is C/N=C(\C)c1cccc(Cc2cccc(/C(C)=N/C)n2)n1. The van der Waals surface area contributed by atoms with Crippen molar-refractivity contribution in [2.45, 2.75) is 20.3 Å². The summed E-state index contributed by atoms with van der Waals surface area (Å²) in [5.74, 6) is 0. The van der Waals surface area contributed by atoms with Gasteiger partial charge in [0.2, 0.25) is 0 Å². The summed E-state index contributed by atoms with van der Waals surface area (Å²) in [6.45, 7) is 3.93. The molecule has 0 fully saturated rings. The fourth-order valence-electron chi connectivity index (χ4n) is 1.97. The topological polar surface area (TPSA) is 50.5 Å². The van der Waals surface area contributed by atoms with Gasteiger partial charge in [0.25, 0.3) is 0 Å². The van der Waals surface area contributed by atoms with Crippen molar-refractivity contribution in [3.05, 3.63) is 59.2 Å². The average Bonchev–Trinajstić information content (AvgIpc) is 2.53. The third-order valence-electron chi connectivity index (χ3n) is 3.39. The van der Waals surface area contributed by atoms with Crippen LogP contribution in [0.25, 0.3) is 0 Å². The minimum atomic E-state index is 0.704. The molecule has 0 N–H and O–H groups in total. The third-order valence-corrected chi connectivity index (χ3v) is 3.39. The monoisotopic (exact) mass is 280 g/mol. The van der Waals surface area contributed by atoms with Crippen molar-refractivity contribution in [3.63, 3.8) is 0 Å². The van der Waals surface area contributed by atoms with E-state index in [-0.39, 0.29) is 0 Å². The van der Waals surface area contributed by atoms with Gasteiger partial charge >= 0.3 is 0 Å². The first-order chi connectivity index (χ1) is 10.1. The lowest BCUT2D eigenvalue weighted by Gasteiger charge is -2.06. The predicted octanol–water partition coefficient (Wildman–Crippen LogP) is 2.95. The van der Waals surface area contributed by atoms with E-state index in [2.05, 4.69) is 20.0 Å². The van der Waals surface area contributed by atoms with Gasteiger partial charge in [-0.2, -0.15) is 0 Å². The molecule has 0 saturated carbocycles. The second-order valence-electron chi connectivity index (χ2n) is 4.82. The quantitative estimate of drug-likeness (QED) is 0.808. The van der Waals surface area contributed by atoms with E-state index in [1.165, 1.54) is 0 Å². The molecule has 0 aromatic carbocycles. The summed E-state index contributed by atoms with van der Waals surface area (Å²) in [4.78, 5) is 17.6. The normalized spacial score (nSPS) is 12.6. The molecule has 4 nitrogen and oxygen atoms in total. The molecule has 2 heterocycles. The maximum absolute atomic E-state index is 4.63. The number of aliphatic imine (C=N–C) groups is 2. The second kappa shape index (κ2) is 6.88. The summed E-state index contributed by atoms with van der Waals surface area (Å²) in [6.07, 6.45) is 0.704. The Labute approximate surface area is 125 Å². The Bertz CT molecular complexity index is 627. The highest BCUT2D eigenvalue weighted by Crippen LogP contribution is 2.09. The summed E-state index contributed by atoms with van der Waals surface area (Å²) in [6, 6.07) is 12.0. The van der Waals surface area contributed by atoms with Gasteiger partial charge in [-0.05, 0) is 38.1 Å². The largest absolute Gasteiger partial charge is 0.291 e. The third kappa shape index (κ3) is 3.81. The van der Waals surface area contributed by atoms with Crippen LogP contribution in [-0.4, -0.2) is 35.5 Å². The zero-order valence-corrected chi connectivity index (χ0v) is 13.0. The Morgan fingerprint density at radius 1 is 0.810 bits per heavy atom. The summed E-state index contributed by atoms with van der Waals surface area (Å²) < 4.78 is 0. The van der Waals surface area contributed by atoms with Crippen molar-refractivity contribution in [2.75, 3.05) is 14.1 Å². The van der Waals surface area contributed by atoms with Gasteiger partial charge in [-0.3, -0.25) is 20.0 Å². The summed E-state index contributed by atoms with van der Waals surface area (Å²) in [5, 5.41) is 0. The van der Waals surface area contributed by atoms with Gasteiger partial charge in [0.1, 0.15) is 0 Å². The number of pyridine rings is 2. The van der Waals surface area contributed by atoms with Gasteiger partial charge in [-0.15, -0.1) is 0 Å². The van der Waals surface area contributed by atoms with Crippen LogP contribution in [-0.2, 0) is 6.42 Å². The van der Waals surface area contributed by atoms with Crippen LogP contribution in [0, 0.1) is 0 Å². The maximum atomic E-state index is 4.63. The molecule has 4 heteroatoms. The molecule has 2 aromatic rings. The van der Waals surface area contributed by atoms with Gasteiger partial charge < -0.3 is 0 Å². The van der Waals surface area contributed by atoms with E-state index in [1.807, 2.05) is 50.2 Å². The van der Waals surface area contributed by atoms with E-state index < -0.39 is 0 Å². The Balaban J connectivity index is 2.26. The van der Waals surface area contributed by atoms with Gasteiger partial charge in [-0.25, -0.2) is 0 Å². The van der Waals surface area contributed by atoms with E-state index in [4.69, 9.17) is 0 Å². The first kappa shape index (κ1) is 15.0. The standard InChI is InChI=1S/C17H20N4/c1-12(18-3)16-9-5-7-14(20-16)11-15-8-6-10-17(21-15)13(2)19-4/h5-10H,11H2,1-4H3/b18-12+,19-13+. The first-order valence-electron chi connectivity index (χ1n) is 6.93. The number of rotatable bonds is 4. The second-order valence-corrected chi connectivity index (χ2v) is 4.82. The van der Waals surface area contributed by atoms with Crippen LogP contribution in [0.3, 0.4) is 0 Å². The molecular formula is C17H20N4. The molecule has 0 bridgehead atoms. The highest BCUT2D eigenvalue weighted by atomic mass is 14.8. The van der Waals surface area contributed by atoms with E-state index in [1.54, 1.807) is 14.1 Å². The molecule has 0 aliphatic carbocycles. The molecule has 0 amide bonds. The summed E-state index contributed by atoms with van der Waals surface area (Å²) in [5.41, 5.74) is 5.69. The lowest BCUT2D eigenvalue weighted by Crippen LogP contribution is -2.05. The zero-order valence-electron chi connectivity index (χ0n) is 13.0. The van der Waals surface area contributed by atoms with Crippen molar-refractivity contribution in [1.82, 2.24) is 9.97 Å². The van der Waals surface area contributed by atoms with Crippen LogP contribution in [0.4, 0.5) is 0 Å². The Morgan fingerprint density at radius 2 is 1.24 bits per heavy atom. The molecule has 0 saturated heterocycles. The van der Waals surface area contributed by atoms with E-state index in [9.17, 15) is 0 Å². The van der Waals surface area contributed by atoms with Gasteiger partial charge in [0.05, 0.1) is 22.8 Å². The molecule has 0 aliphatic rings. The average molecular weight is 280 g/mol. The molecule has 2 aromatic heterocycles. The summed E-state index contributed by atoms with van der Waals surface area (Å²) in [7, 11) is 3.56. The molecule has 108 valence electrons. The van der Waals surface area contributed by atoms with E-state index >= 15 is 0 Å². The van der Waals surface area contributed by atoms with E-state index in [0.717, 1.165) is 34.2 Å². The predicted molar refractivity (Wildman–Crippen MR) is 87.6 cm³/mol. The van der Waals surface area contributed by atoms with Crippen molar-refractivity contribution in [3.8, 4) is 0 Å². The fraction of sp³-hybridized carbons (Fsp3) is 0.294. The van der Waals surface area contributed by atoms with Crippen LogP contribution in [0.1, 0.15) is 36.6 Å². The molecule has 21 heavy (non-hydrogen) atoms. The first-order valence-corrected chi connectivity index (χ1v) is 6.93. The molecular weight excluding hydrogens is 260 g/mol. The number of hydrogen-bond donors (Lipinski definition) is 0. The van der Waals surface area contributed by atoms with Gasteiger partial charge in [0, 0.05) is 31.9 Å². The number of nitrogens with zero attached hydrogens (tertiary/aromatic N) is 4. The molecule has 0 unspecified atom stereocenters. The van der Waals surface area contributed by atoms with Crippen LogP contribution < -0.4 is 0 Å². The lowest BCUT2D eigenvalue weighted by molar-refractivity contribution is 1.00. The van der Waals surface area contributed by atoms with Crippen molar-refractivity contribution < 1.29 is 0 Å². The molecule has 2 rings (SSSR count). The van der Waals surface area contributed by atoms with Crippen molar-refractivity contribution >= 4 is 11.4 Å². The molecule has 0 radical (unpaired) electrons. The summed E-state index contributed by atoms with van der Waals surface area (Å²) >= 11 is 0. The molecule has 0 aliphatic heterocycles. The smallest absolute Gasteiger partial charge is 0.0840 e. The molecule has 0 atom stereocenters. The molecule has 0 spiro atoms.